The number of rotatable bonds is 4. The summed E-state index contributed by atoms with van der Waals surface area (Å²) < 4.78 is 0. The summed E-state index contributed by atoms with van der Waals surface area (Å²) in [6, 6.07) is 1.24. The monoisotopic (exact) mass is 253 g/mol. The molecular weight excluding hydrogens is 226 g/mol. The molecule has 4 nitrogen and oxygen atoms in total. The predicted molar refractivity (Wildman–Crippen MR) is 73.5 cm³/mol. The van der Waals surface area contributed by atoms with Crippen LogP contribution in [0.1, 0.15) is 38.5 Å². The molecule has 0 spiro atoms. The van der Waals surface area contributed by atoms with Gasteiger partial charge in [-0.25, -0.2) is 0 Å². The van der Waals surface area contributed by atoms with Gasteiger partial charge in [-0.2, -0.15) is 0 Å². The van der Waals surface area contributed by atoms with Gasteiger partial charge in [0.05, 0.1) is 6.54 Å². The van der Waals surface area contributed by atoms with Crippen LogP contribution in [0.15, 0.2) is 0 Å². The zero-order valence-corrected chi connectivity index (χ0v) is 11.8. The van der Waals surface area contributed by atoms with Crippen LogP contribution in [0.2, 0.25) is 0 Å². The molecule has 0 unspecified atom stereocenters. The largest absolute Gasteiger partial charge is 0.341 e. The number of nitrogens with one attached hydrogen (secondary N) is 1. The van der Waals surface area contributed by atoms with Gasteiger partial charge in [0.2, 0.25) is 5.91 Å². The Hall–Kier alpha value is -0.610. The lowest BCUT2D eigenvalue weighted by atomic mass is 10.0. The van der Waals surface area contributed by atoms with Crippen LogP contribution in [0.5, 0.6) is 0 Å². The van der Waals surface area contributed by atoms with Gasteiger partial charge in [0.15, 0.2) is 0 Å². The summed E-state index contributed by atoms with van der Waals surface area (Å²) >= 11 is 0. The van der Waals surface area contributed by atoms with E-state index in [0.29, 0.717) is 24.5 Å². The van der Waals surface area contributed by atoms with E-state index in [0.717, 1.165) is 25.9 Å². The van der Waals surface area contributed by atoms with Gasteiger partial charge in [-0.15, -0.1) is 0 Å². The zero-order valence-electron chi connectivity index (χ0n) is 11.8. The number of hydrogen-bond donors (Lipinski definition) is 1. The van der Waals surface area contributed by atoms with Gasteiger partial charge in [-0.3, -0.25) is 4.79 Å². The Kier molecular flexibility index (Phi) is 5.01. The summed E-state index contributed by atoms with van der Waals surface area (Å²) in [4.78, 5) is 16.4. The van der Waals surface area contributed by atoms with Gasteiger partial charge < -0.3 is 15.1 Å². The topological polar surface area (TPSA) is 35.6 Å². The van der Waals surface area contributed by atoms with Crippen molar-refractivity contribution in [2.45, 2.75) is 50.6 Å². The number of likely N-dealkylation sites (tertiary alicyclic amines) is 1. The van der Waals surface area contributed by atoms with E-state index < -0.39 is 0 Å². The van der Waals surface area contributed by atoms with Crippen molar-refractivity contribution in [3.63, 3.8) is 0 Å². The maximum absolute atomic E-state index is 12.1. The van der Waals surface area contributed by atoms with E-state index in [1.54, 1.807) is 0 Å². The molecule has 4 heteroatoms. The molecule has 0 atom stereocenters. The summed E-state index contributed by atoms with van der Waals surface area (Å²) in [6.07, 6.45) is 7.36. The first-order valence-corrected chi connectivity index (χ1v) is 7.34. The van der Waals surface area contributed by atoms with Crippen LogP contribution in [0.25, 0.3) is 0 Å². The van der Waals surface area contributed by atoms with Gasteiger partial charge in [0, 0.05) is 25.2 Å². The van der Waals surface area contributed by atoms with Crippen LogP contribution in [0, 0.1) is 0 Å². The molecule has 1 N–H and O–H groups in total. The molecule has 104 valence electrons. The normalized spacial score (nSPS) is 22.9. The van der Waals surface area contributed by atoms with Crippen LogP contribution in [0.4, 0.5) is 0 Å². The molecule has 2 aliphatic rings. The number of hydrogen-bond acceptors (Lipinski definition) is 3. The molecule has 18 heavy (non-hydrogen) atoms. The molecule has 1 heterocycles. The highest BCUT2D eigenvalue weighted by Gasteiger charge is 2.24. The molecule has 0 aromatic carbocycles. The van der Waals surface area contributed by atoms with Gasteiger partial charge in [0.25, 0.3) is 0 Å². The molecule has 2 fully saturated rings. The van der Waals surface area contributed by atoms with Crippen molar-refractivity contribution >= 4 is 5.91 Å². The molecule has 1 saturated heterocycles. The first-order chi connectivity index (χ1) is 8.66. The fourth-order valence-electron chi connectivity index (χ4n) is 3.11. The second kappa shape index (κ2) is 6.53. The molecule has 1 aliphatic heterocycles. The molecule has 0 aromatic rings. The number of amides is 1. The Labute approximate surface area is 111 Å². The van der Waals surface area contributed by atoms with Crippen molar-refractivity contribution in [2.24, 2.45) is 0 Å². The zero-order chi connectivity index (χ0) is 13.0. The summed E-state index contributed by atoms with van der Waals surface area (Å²) in [5, 5.41) is 3.41. The molecule has 0 bridgehead atoms. The Morgan fingerprint density at radius 1 is 1.17 bits per heavy atom. The highest BCUT2D eigenvalue weighted by atomic mass is 16.2. The molecule has 0 radical (unpaired) electrons. The average Bonchev–Trinajstić information content (AvgIpc) is 2.89. The third-order valence-corrected chi connectivity index (χ3v) is 4.44. The van der Waals surface area contributed by atoms with E-state index in [4.69, 9.17) is 0 Å². The Morgan fingerprint density at radius 2 is 1.78 bits per heavy atom. The van der Waals surface area contributed by atoms with Gasteiger partial charge in [0.1, 0.15) is 0 Å². The molecule has 2 rings (SSSR count). The summed E-state index contributed by atoms with van der Waals surface area (Å²) in [7, 11) is 4.26. The quantitative estimate of drug-likeness (QED) is 0.814. The van der Waals surface area contributed by atoms with Crippen molar-refractivity contribution < 1.29 is 4.79 Å². The smallest absolute Gasteiger partial charge is 0.236 e. The maximum atomic E-state index is 12.1. The van der Waals surface area contributed by atoms with E-state index in [1.807, 2.05) is 4.90 Å². The summed E-state index contributed by atoms with van der Waals surface area (Å²) in [6.45, 7) is 2.39. The van der Waals surface area contributed by atoms with E-state index in [1.165, 1.54) is 25.7 Å². The van der Waals surface area contributed by atoms with E-state index >= 15 is 0 Å². The Balaban J connectivity index is 1.67. The number of nitrogens with zero attached hydrogens (tertiary/aromatic N) is 2. The average molecular weight is 253 g/mol. The summed E-state index contributed by atoms with van der Waals surface area (Å²) in [5.74, 6) is 0.291. The Morgan fingerprint density at radius 3 is 2.33 bits per heavy atom. The SMILES string of the molecule is CN(C)C1CCN(C(=O)CNC2CCCC2)CC1. The van der Waals surface area contributed by atoms with Crippen LogP contribution in [-0.2, 0) is 4.79 Å². The van der Waals surface area contributed by atoms with Crippen molar-refractivity contribution in [1.82, 2.24) is 15.1 Å². The molecular formula is C14H27N3O. The fourth-order valence-corrected chi connectivity index (χ4v) is 3.11. The third kappa shape index (κ3) is 3.69. The molecule has 1 saturated carbocycles. The first kappa shape index (κ1) is 13.8. The van der Waals surface area contributed by atoms with Crippen molar-refractivity contribution in [1.29, 1.82) is 0 Å². The lowest BCUT2D eigenvalue weighted by molar-refractivity contribution is -0.131. The lowest BCUT2D eigenvalue weighted by Gasteiger charge is -2.35. The molecule has 0 aromatic heterocycles. The van der Waals surface area contributed by atoms with Crippen molar-refractivity contribution in [2.75, 3.05) is 33.7 Å². The molecule has 1 amide bonds. The van der Waals surface area contributed by atoms with Crippen molar-refractivity contribution in [3.8, 4) is 0 Å². The van der Waals surface area contributed by atoms with E-state index in [9.17, 15) is 4.79 Å². The van der Waals surface area contributed by atoms with Crippen LogP contribution >= 0.6 is 0 Å². The van der Waals surface area contributed by atoms with Crippen LogP contribution < -0.4 is 5.32 Å². The minimum Gasteiger partial charge on any atom is -0.341 e. The van der Waals surface area contributed by atoms with E-state index in [2.05, 4.69) is 24.3 Å². The fraction of sp³-hybridized carbons (Fsp3) is 0.929. The number of carbonyl (C=O) groups excluding carboxylic acids is 1. The maximum Gasteiger partial charge on any atom is 0.236 e. The van der Waals surface area contributed by atoms with Gasteiger partial charge in [-0.05, 0) is 39.8 Å². The standard InChI is InChI=1S/C14H27N3O/c1-16(2)13-7-9-17(10-8-13)14(18)11-15-12-5-3-4-6-12/h12-13,15H,3-11H2,1-2H3. The second-order valence-electron chi connectivity index (χ2n) is 5.94. The highest BCUT2D eigenvalue weighted by Crippen LogP contribution is 2.18. The predicted octanol–water partition coefficient (Wildman–Crippen LogP) is 1.07. The van der Waals surface area contributed by atoms with Crippen LogP contribution in [-0.4, -0.2) is 61.5 Å². The second-order valence-corrected chi connectivity index (χ2v) is 5.94. The van der Waals surface area contributed by atoms with Crippen molar-refractivity contribution in [3.05, 3.63) is 0 Å². The minimum absolute atomic E-state index is 0.291. The number of piperidine rings is 1. The van der Waals surface area contributed by atoms with Crippen LogP contribution in [0.3, 0.4) is 0 Å². The first-order valence-electron chi connectivity index (χ1n) is 7.34. The Bertz CT molecular complexity index is 266. The van der Waals surface area contributed by atoms with Gasteiger partial charge >= 0.3 is 0 Å². The van der Waals surface area contributed by atoms with Gasteiger partial charge in [-0.1, -0.05) is 12.8 Å². The number of carbonyl (C=O) groups is 1. The third-order valence-electron chi connectivity index (χ3n) is 4.44. The highest BCUT2D eigenvalue weighted by molar-refractivity contribution is 5.78. The minimum atomic E-state index is 0.291. The van der Waals surface area contributed by atoms with E-state index in [-0.39, 0.29) is 0 Å². The summed E-state index contributed by atoms with van der Waals surface area (Å²) in [5.41, 5.74) is 0. The molecule has 1 aliphatic carbocycles. The lowest BCUT2D eigenvalue weighted by Crippen LogP contribution is -2.47.